The van der Waals surface area contributed by atoms with E-state index >= 15 is 0 Å². The van der Waals surface area contributed by atoms with Crippen LogP contribution in [0.15, 0.2) is 0 Å². The van der Waals surface area contributed by atoms with Gasteiger partial charge in [0.1, 0.15) is 0 Å². The average molecular weight is 245 g/mol. The lowest BCUT2D eigenvalue weighted by molar-refractivity contribution is -0.127. The van der Waals surface area contributed by atoms with E-state index in [1.165, 1.54) is 0 Å². The first-order chi connectivity index (χ1) is 7.06. The van der Waals surface area contributed by atoms with Crippen LogP contribution in [0.25, 0.3) is 0 Å². The number of carbonyl (C=O) groups excluding carboxylic acids is 1. The largest absolute Gasteiger partial charge is 0.392 e. The average Bonchev–Trinajstić information content (AvgIpc) is 2.11. The Bertz CT molecular complexity index is 273. The molecule has 0 aromatic carbocycles. The van der Waals surface area contributed by atoms with Crippen molar-refractivity contribution in [3.05, 3.63) is 0 Å². The zero-order valence-corrected chi connectivity index (χ0v) is 11.8. The van der Waals surface area contributed by atoms with E-state index in [4.69, 9.17) is 18.0 Å². The molecule has 0 bridgehead atoms. The summed E-state index contributed by atoms with van der Waals surface area (Å²) >= 11 is 4.91. The summed E-state index contributed by atoms with van der Waals surface area (Å²) < 4.78 is 0. The molecule has 0 saturated carbocycles. The van der Waals surface area contributed by atoms with Gasteiger partial charge in [0.2, 0.25) is 5.91 Å². The molecule has 0 aliphatic heterocycles. The Hall–Kier alpha value is -0.680. The van der Waals surface area contributed by atoms with Crippen LogP contribution in [0.5, 0.6) is 0 Å². The van der Waals surface area contributed by atoms with Crippen LogP contribution in [0.4, 0.5) is 0 Å². The Labute approximate surface area is 104 Å². The van der Waals surface area contributed by atoms with Gasteiger partial charge in [0.25, 0.3) is 0 Å². The highest BCUT2D eigenvalue weighted by atomic mass is 32.1. The third kappa shape index (κ3) is 4.90. The molecule has 0 aliphatic carbocycles. The predicted octanol–water partition coefficient (Wildman–Crippen LogP) is 0.896. The summed E-state index contributed by atoms with van der Waals surface area (Å²) in [6.45, 7) is 9.59. The lowest BCUT2D eigenvalue weighted by atomic mass is 10.1. The molecule has 16 heavy (non-hydrogen) atoms. The number of carbonyl (C=O) groups is 1. The van der Waals surface area contributed by atoms with Crippen molar-refractivity contribution < 1.29 is 4.79 Å². The standard InChI is InChI=1S/C11H23N3OS/c1-7(9(12)16)14(6)8(2)10(15)13-11(3,4)5/h7-8H,1-6H3,(H2,12,16)(H,13,15). The van der Waals surface area contributed by atoms with Crippen LogP contribution in [-0.4, -0.2) is 40.5 Å². The van der Waals surface area contributed by atoms with Gasteiger partial charge >= 0.3 is 0 Å². The number of amides is 1. The van der Waals surface area contributed by atoms with Gasteiger partial charge in [-0.3, -0.25) is 9.69 Å². The van der Waals surface area contributed by atoms with Gasteiger partial charge in [-0.05, 0) is 41.7 Å². The van der Waals surface area contributed by atoms with Gasteiger partial charge in [0, 0.05) is 5.54 Å². The summed E-state index contributed by atoms with van der Waals surface area (Å²) in [4.78, 5) is 14.2. The maximum Gasteiger partial charge on any atom is 0.237 e. The van der Waals surface area contributed by atoms with Crippen LogP contribution < -0.4 is 11.1 Å². The normalized spacial score (nSPS) is 15.7. The minimum Gasteiger partial charge on any atom is -0.392 e. The molecule has 94 valence electrons. The van der Waals surface area contributed by atoms with Gasteiger partial charge in [0.05, 0.1) is 17.1 Å². The number of thiocarbonyl (C=S) groups is 1. The van der Waals surface area contributed by atoms with Crippen LogP contribution in [-0.2, 0) is 4.79 Å². The summed E-state index contributed by atoms with van der Waals surface area (Å²) in [5, 5.41) is 2.93. The molecule has 0 saturated heterocycles. The van der Waals surface area contributed by atoms with Crippen molar-refractivity contribution in [1.82, 2.24) is 10.2 Å². The van der Waals surface area contributed by atoms with Gasteiger partial charge < -0.3 is 11.1 Å². The Morgan fingerprint density at radius 2 is 1.75 bits per heavy atom. The molecule has 0 heterocycles. The first-order valence-corrected chi connectivity index (χ1v) is 5.80. The predicted molar refractivity (Wildman–Crippen MR) is 71.4 cm³/mol. The van der Waals surface area contributed by atoms with E-state index < -0.39 is 0 Å². The van der Waals surface area contributed by atoms with E-state index in [0.29, 0.717) is 4.99 Å². The quantitative estimate of drug-likeness (QED) is 0.722. The zero-order chi connectivity index (χ0) is 13.1. The molecule has 0 aromatic rings. The molecule has 5 heteroatoms. The second-order valence-electron chi connectivity index (χ2n) is 5.16. The molecular formula is C11H23N3OS. The highest BCUT2D eigenvalue weighted by Gasteiger charge is 2.25. The van der Waals surface area contributed by atoms with Gasteiger partial charge in [-0.1, -0.05) is 12.2 Å². The van der Waals surface area contributed by atoms with Crippen LogP contribution in [0.2, 0.25) is 0 Å². The number of nitrogens with two attached hydrogens (primary N) is 1. The second kappa shape index (κ2) is 5.59. The molecule has 2 atom stereocenters. The molecule has 2 unspecified atom stereocenters. The van der Waals surface area contributed by atoms with Crippen LogP contribution in [0.3, 0.4) is 0 Å². The third-order valence-electron chi connectivity index (χ3n) is 2.51. The molecule has 1 amide bonds. The summed E-state index contributed by atoms with van der Waals surface area (Å²) in [7, 11) is 1.84. The molecule has 0 aromatic heterocycles. The highest BCUT2D eigenvalue weighted by molar-refractivity contribution is 7.80. The molecule has 3 N–H and O–H groups in total. The van der Waals surface area contributed by atoms with Crippen molar-refractivity contribution in [1.29, 1.82) is 0 Å². The summed E-state index contributed by atoms with van der Waals surface area (Å²) in [5.74, 6) is -0.0156. The van der Waals surface area contributed by atoms with Crippen LogP contribution in [0.1, 0.15) is 34.6 Å². The number of likely N-dealkylation sites (N-methyl/N-ethyl adjacent to an activating group) is 1. The van der Waals surface area contributed by atoms with Crippen molar-refractivity contribution in [2.45, 2.75) is 52.2 Å². The monoisotopic (exact) mass is 245 g/mol. The molecular weight excluding hydrogens is 222 g/mol. The van der Waals surface area contributed by atoms with Crippen LogP contribution in [0, 0.1) is 0 Å². The number of hydrogen-bond acceptors (Lipinski definition) is 3. The fourth-order valence-corrected chi connectivity index (χ4v) is 1.36. The maximum absolute atomic E-state index is 11.9. The Balaban J connectivity index is 4.50. The second-order valence-corrected chi connectivity index (χ2v) is 5.63. The maximum atomic E-state index is 11.9. The third-order valence-corrected chi connectivity index (χ3v) is 2.85. The lowest BCUT2D eigenvalue weighted by Crippen LogP contribution is -2.53. The van der Waals surface area contributed by atoms with Crippen molar-refractivity contribution in [2.75, 3.05) is 7.05 Å². The van der Waals surface area contributed by atoms with E-state index in [0.717, 1.165) is 0 Å². The number of nitrogens with zero attached hydrogens (tertiary/aromatic N) is 1. The topological polar surface area (TPSA) is 58.4 Å². The summed E-state index contributed by atoms with van der Waals surface area (Å²) in [6, 6.07) is -0.341. The van der Waals surface area contributed by atoms with Crippen molar-refractivity contribution in [3.63, 3.8) is 0 Å². The minimum absolute atomic E-state index is 0.0156. The van der Waals surface area contributed by atoms with Gasteiger partial charge in [0.15, 0.2) is 0 Å². The Morgan fingerprint density at radius 3 is 2.06 bits per heavy atom. The molecule has 0 fully saturated rings. The number of rotatable bonds is 4. The van der Waals surface area contributed by atoms with Gasteiger partial charge in [-0.2, -0.15) is 0 Å². The van der Waals surface area contributed by atoms with Crippen molar-refractivity contribution in [3.8, 4) is 0 Å². The highest BCUT2D eigenvalue weighted by Crippen LogP contribution is 2.06. The first-order valence-electron chi connectivity index (χ1n) is 5.39. The number of hydrogen-bond donors (Lipinski definition) is 2. The Kier molecular flexibility index (Phi) is 5.35. The fourth-order valence-electron chi connectivity index (χ4n) is 1.20. The zero-order valence-electron chi connectivity index (χ0n) is 11.0. The van der Waals surface area contributed by atoms with Crippen LogP contribution >= 0.6 is 12.2 Å². The lowest BCUT2D eigenvalue weighted by Gasteiger charge is -2.31. The van der Waals surface area contributed by atoms with E-state index in [2.05, 4.69) is 5.32 Å². The fraction of sp³-hybridized carbons (Fsp3) is 0.818. The molecule has 0 rings (SSSR count). The molecule has 0 aliphatic rings. The smallest absolute Gasteiger partial charge is 0.237 e. The first kappa shape index (κ1) is 15.3. The molecule has 0 radical (unpaired) electrons. The van der Waals surface area contributed by atoms with Gasteiger partial charge in [-0.15, -0.1) is 0 Å². The molecule has 0 spiro atoms. The summed E-state index contributed by atoms with van der Waals surface area (Å²) in [6.07, 6.45) is 0. The van der Waals surface area contributed by atoms with Crippen molar-refractivity contribution >= 4 is 23.1 Å². The minimum atomic E-state index is -0.254. The van der Waals surface area contributed by atoms with E-state index in [1.54, 1.807) is 0 Å². The van der Waals surface area contributed by atoms with Gasteiger partial charge in [-0.25, -0.2) is 0 Å². The van der Waals surface area contributed by atoms with Crippen molar-refractivity contribution in [2.24, 2.45) is 5.73 Å². The SMILES string of the molecule is CC(C(=O)NC(C)(C)C)N(C)C(C)C(N)=S. The number of nitrogens with one attached hydrogen (secondary N) is 1. The van der Waals surface area contributed by atoms with E-state index in [9.17, 15) is 4.79 Å². The van der Waals surface area contributed by atoms with E-state index in [-0.39, 0.29) is 23.5 Å². The summed E-state index contributed by atoms with van der Waals surface area (Å²) in [5.41, 5.74) is 5.34. The molecule has 4 nitrogen and oxygen atoms in total. The Morgan fingerprint density at radius 1 is 1.31 bits per heavy atom. The van der Waals surface area contributed by atoms with E-state index in [1.807, 2.05) is 46.6 Å².